The first-order chi connectivity index (χ1) is 15.9. The highest BCUT2D eigenvalue weighted by atomic mass is 16.5. The second-order valence-electron chi connectivity index (χ2n) is 10.1. The maximum atomic E-state index is 6.38. The van der Waals surface area contributed by atoms with Crippen LogP contribution in [0.1, 0.15) is 52.5 Å². The minimum absolute atomic E-state index is 0.284. The van der Waals surface area contributed by atoms with Crippen LogP contribution < -0.4 is 15.4 Å². The molecule has 0 aliphatic carbocycles. The Hall–Kier alpha value is -2.30. The number of rotatable bonds is 11. The lowest BCUT2D eigenvalue weighted by molar-refractivity contribution is 0.193. The average molecular weight is 450 g/mol. The van der Waals surface area contributed by atoms with Gasteiger partial charge >= 0.3 is 0 Å². The van der Waals surface area contributed by atoms with Crippen molar-refractivity contribution in [1.82, 2.24) is 4.90 Å². The fourth-order valence-electron chi connectivity index (χ4n) is 4.65. The highest BCUT2D eigenvalue weighted by Gasteiger charge is 2.25. The molecule has 1 heterocycles. The zero-order chi connectivity index (χ0) is 23.6. The summed E-state index contributed by atoms with van der Waals surface area (Å²) in [5.74, 6) is 1.58. The molecule has 1 fully saturated rings. The first-order valence-electron chi connectivity index (χ1n) is 12.6. The molecule has 2 aromatic rings. The third-order valence-electron chi connectivity index (χ3n) is 6.38. The molecule has 3 rings (SSSR count). The number of benzene rings is 2. The van der Waals surface area contributed by atoms with Gasteiger partial charge in [-0.05, 0) is 68.9 Å². The van der Waals surface area contributed by atoms with Crippen LogP contribution in [0.5, 0.6) is 5.75 Å². The molecule has 1 aliphatic heterocycles. The Balaban J connectivity index is 1.59. The predicted octanol–water partition coefficient (Wildman–Crippen LogP) is 5.88. The summed E-state index contributed by atoms with van der Waals surface area (Å²) >= 11 is 0. The molecular formula is C29H43N3O. The molecule has 0 saturated carbocycles. The van der Waals surface area contributed by atoms with Gasteiger partial charge in [-0.1, -0.05) is 55.8 Å². The van der Waals surface area contributed by atoms with Gasteiger partial charge in [-0.15, -0.1) is 0 Å². The van der Waals surface area contributed by atoms with E-state index in [1.54, 1.807) is 0 Å². The van der Waals surface area contributed by atoms with Crippen molar-refractivity contribution in [2.45, 2.75) is 65.6 Å². The van der Waals surface area contributed by atoms with Crippen LogP contribution in [0.4, 0.5) is 5.69 Å². The lowest BCUT2D eigenvalue weighted by atomic mass is 9.99. The molecule has 0 bridgehead atoms. The van der Waals surface area contributed by atoms with E-state index in [1.807, 2.05) is 18.2 Å². The number of ether oxygens (including phenoxy) is 1. The van der Waals surface area contributed by atoms with Crippen molar-refractivity contribution in [2.75, 3.05) is 31.1 Å². The van der Waals surface area contributed by atoms with Crippen molar-refractivity contribution in [3.8, 4) is 5.75 Å². The molecule has 1 saturated heterocycles. The first-order valence-corrected chi connectivity index (χ1v) is 12.6. The molecule has 2 aromatic carbocycles. The van der Waals surface area contributed by atoms with Crippen molar-refractivity contribution in [1.29, 1.82) is 0 Å². The Labute approximate surface area is 201 Å². The molecule has 2 N–H and O–H groups in total. The molecule has 1 unspecified atom stereocenters. The fourth-order valence-corrected chi connectivity index (χ4v) is 4.65. The largest absolute Gasteiger partial charge is 0.489 e. The van der Waals surface area contributed by atoms with E-state index in [-0.39, 0.29) is 6.04 Å². The van der Waals surface area contributed by atoms with E-state index < -0.39 is 0 Å². The molecular weight excluding hydrogens is 406 g/mol. The zero-order valence-electron chi connectivity index (χ0n) is 21.0. The van der Waals surface area contributed by atoms with Gasteiger partial charge in [0.2, 0.25) is 0 Å². The van der Waals surface area contributed by atoms with Crippen LogP contribution in [0.3, 0.4) is 0 Å². The number of nitrogens with zero attached hydrogens (tertiary/aromatic N) is 2. The summed E-state index contributed by atoms with van der Waals surface area (Å²) in [6, 6.07) is 19.8. The normalized spacial score (nSPS) is 15.9. The van der Waals surface area contributed by atoms with Gasteiger partial charge in [0, 0.05) is 44.0 Å². The number of likely N-dealkylation sites (tertiary alicyclic amines) is 1. The highest BCUT2D eigenvalue weighted by molar-refractivity contribution is 5.51. The van der Waals surface area contributed by atoms with Gasteiger partial charge in [0.15, 0.2) is 0 Å². The van der Waals surface area contributed by atoms with E-state index in [4.69, 9.17) is 10.5 Å². The SMILES string of the molecule is CC(C)=CCN(c1ccc(OCc2ccccc2)cc1)C1CCN(CC(N)CC(C)C)CC1. The van der Waals surface area contributed by atoms with Crippen molar-refractivity contribution >= 4 is 5.69 Å². The topological polar surface area (TPSA) is 41.7 Å². The third kappa shape index (κ3) is 8.53. The summed E-state index contributed by atoms with van der Waals surface area (Å²) in [6.07, 6.45) is 5.80. The van der Waals surface area contributed by atoms with E-state index in [2.05, 4.69) is 80.0 Å². The second kappa shape index (κ2) is 12.8. The molecule has 4 heteroatoms. The summed E-state index contributed by atoms with van der Waals surface area (Å²) < 4.78 is 6.00. The fraction of sp³-hybridized carbons (Fsp3) is 0.517. The number of anilines is 1. The van der Waals surface area contributed by atoms with Crippen LogP contribution >= 0.6 is 0 Å². The number of hydrogen-bond acceptors (Lipinski definition) is 4. The van der Waals surface area contributed by atoms with E-state index in [0.29, 0.717) is 18.6 Å². The molecule has 0 radical (unpaired) electrons. The Bertz CT molecular complexity index is 835. The molecule has 0 spiro atoms. The van der Waals surface area contributed by atoms with Crippen molar-refractivity contribution in [3.63, 3.8) is 0 Å². The van der Waals surface area contributed by atoms with Crippen molar-refractivity contribution in [3.05, 3.63) is 71.8 Å². The molecule has 0 amide bonds. The Morgan fingerprint density at radius 2 is 1.73 bits per heavy atom. The van der Waals surface area contributed by atoms with E-state index in [9.17, 15) is 0 Å². The van der Waals surface area contributed by atoms with Gasteiger partial charge in [0.05, 0.1) is 0 Å². The lowest BCUT2D eigenvalue weighted by Gasteiger charge is -2.40. The van der Waals surface area contributed by atoms with Gasteiger partial charge in [-0.2, -0.15) is 0 Å². The molecule has 1 aliphatic rings. The molecule has 4 nitrogen and oxygen atoms in total. The quantitative estimate of drug-likeness (QED) is 0.435. The molecule has 0 aromatic heterocycles. The smallest absolute Gasteiger partial charge is 0.119 e. The predicted molar refractivity (Wildman–Crippen MR) is 141 cm³/mol. The van der Waals surface area contributed by atoms with Gasteiger partial charge in [0.25, 0.3) is 0 Å². The number of allylic oxidation sites excluding steroid dienone is 1. The molecule has 1 atom stereocenters. The summed E-state index contributed by atoms with van der Waals surface area (Å²) in [6.45, 7) is 13.7. The molecule has 33 heavy (non-hydrogen) atoms. The second-order valence-corrected chi connectivity index (χ2v) is 10.1. The molecule has 180 valence electrons. The van der Waals surface area contributed by atoms with Crippen LogP contribution in [0, 0.1) is 5.92 Å². The minimum Gasteiger partial charge on any atom is -0.489 e. The van der Waals surface area contributed by atoms with Gasteiger partial charge < -0.3 is 20.3 Å². The highest BCUT2D eigenvalue weighted by Crippen LogP contribution is 2.26. The summed E-state index contributed by atoms with van der Waals surface area (Å²) in [4.78, 5) is 5.13. The first kappa shape index (κ1) is 25.3. The maximum absolute atomic E-state index is 6.38. The average Bonchev–Trinajstić information content (AvgIpc) is 2.79. The van der Waals surface area contributed by atoms with Crippen molar-refractivity contribution < 1.29 is 4.74 Å². The van der Waals surface area contributed by atoms with Crippen LogP contribution in [-0.2, 0) is 6.61 Å². The maximum Gasteiger partial charge on any atom is 0.119 e. The van der Waals surface area contributed by atoms with E-state index in [1.165, 1.54) is 29.7 Å². The Morgan fingerprint density at radius 1 is 1.06 bits per heavy atom. The van der Waals surface area contributed by atoms with Crippen LogP contribution in [-0.4, -0.2) is 43.2 Å². The van der Waals surface area contributed by atoms with Crippen molar-refractivity contribution in [2.24, 2.45) is 11.7 Å². The zero-order valence-corrected chi connectivity index (χ0v) is 21.0. The number of piperidine rings is 1. The van der Waals surface area contributed by atoms with E-state index >= 15 is 0 Å². The standard InChI is InChI=1S/C29H43N3O/c1-23(2)14-19-32(28-15-17-31(18-16-28)21-26(30)20-24(3)4)27-10-12-29(13-11-27)33-22-25-8-6-5-7-9-25/h5-14,24,26,28H,15-22,30H2,1-4H3. The van der Waals surface area contributed by atoms with Gasteiger partial charge in [-0.3, -0.25) is 0 Å². The van der Waals surface area contributed by atoms with E-state index in [0.717, 1.165) is 38.3 Å². The van der Waals surface area contributed by atoms with Gasteiger partial charge in [-0.25, -0.2) is 0 Å². The van der Waals surface area contributed by atoms with Crippen LogP contribution in [0.15, 0.2) is 66.2 Å². The monoisotopic (exact) mass is 449 g/mol. The van der Waals surface area contributed by atoms with Crippen LogP contribution in [0.2, 0.25) is 0 Å². The minimum atomic E-state index is 0.284. The lowest BCUT2D eigenvalue weighted by Crippen LogP contribution is -2.48. The third-order valence-corrected chi connectivity index (χ3v) is 6.38. The Morgan fingerprint density at radius 3 is 2.33 bits per heavy atom. The summed E-state index contributed by atoms with van der Waals surface area (Å²) in [7, 11) is 0. The number of nitrogens with two attached hydrogens (primary N) is 1. The summed E-state index contributed by atoms with van der Waals surface area (Å²) in [5, 5.41) is 0. The van der Waals surface area contributed by atoms with Crippen LogP contribution in [0.25, 0.3) is 0 Å². The Kier molecular flexibility index (Phi) is 9.83. The summed E-state index contributed by atoms with van der Waals surface area (Å²) in [5.41, 5.74) is 10.2. The van der Waals surface area contributed by atoms with Gasteiger partial charge in [0.1, 0.15) is 12.4 Å². The number of hydrogen-bond donors (Lipinski definition) is 1.